The molecule has 1 N–H and O–H groups in total. The summed E-state index contributed by atoms with van der Waals surface area (Å²) in [5.41, 5.74) is 0.116. The van der Waals surface area contributed by atoms with Crippen LogP contribution in [0.15, 0.2) is 18.2 Å². The average molecular weight is 373 g/mol. The second-order valence-corrected chi connectivity index (χ2v) is 8.36. The fourth-order valence-corrected chi connectivity index (χ4v) is 5.85. The summed E-state index contributed by atoms with van der Waals surface area (Å²) < 4.78 is 15.7. The van der Waals surface area contributed by atoms with Gasteiger partial charge in [0.2, 0.25) is 0 Å². The first-order valence-corrected chi connectivity index (χ1v) is 9.71. The van der Waals surface area contributed by atoms with Crippen molar-refractivity contribution in [3.63, 3.8) is 0 Å². The summed E-state index contributed by atoms with van der Waals surface area (Å²) in [6, 6.07) is 5.05. The highest BCUT2D eigenvalue weighted by molar-refractivity contribution is 5.96. The first-order chi connectivity index (χ1) is 13.0. The van der Waals surface area contributed by atoms with E-state index in [1.165, 1.54) is 33.5 Å². The Labute approximate surface area is 159 Å². The molecule has 0 radical (unpaired) electrons. The molecule has 4 aliphatic carbocycles. The van der Waals surface area contributed by atoms with Crippen LogP contribution in [-0.2, 0) is 9.53 Å². The van der Waals surface area contributed by atoms with E-state index in [2.05, 4.69) is 5.32 Å². The number of ether oxygens (including phenoxy) is 3. The Balaban J connectivity index is 1.38. The topological polar surface area (TPSA) is 73.9 Å². The van der Waals surface area contributed by atoms with Crippen LogP contribution >= 0.6 is 0 Å². The van der Waals surface area contributed by atoms with Gasteiger partial charge in [0, 0.05) is 5.54 Å². The van der Waals surface area contributed by atoms with Gasteiger partial charge in [0.05, 0.1) is 14.2 Å². The Kier molecular flexibility index (Phi) is 4.74. The Morgan fingerprint density at radius 1 is 1.00 bits per heavy atom. The lowest BCUT2D eigenvalue weighted by molar-refractivity contribution is -0.130. The minimum absolute atomic E-state index is 0.0830. The summed E-state index contributed by atoms with van der Waals surface area (Å²) in [4.78, 5) is 25.0. The van der Waals surface area contributed by atoms with Gasteiger partial charge in [-0.2, -0.15) is 0 Å². The van der Waals surface area contributed by atoms with Crippen LogP contribution in [-0.4, -0.2) is 38.2 Å². The fourth-order valence-electron chi connectivity index (χ4n) is 5.85. The van der Waals surface area contributed by atoms with Gasteiger partial charge in [-0.3, -0.25) is 4.79 Å². The van der Waals surface area contributed by atoms with Gasteiger partial charge >= 0.3 is 5.97 Å². The molecule has 0 saturated heterocycles. The van der Waals surface area contributed by atoms with E-state index in [1.807, 2.05) is 0 Å². The van der Waals surface area contributed by atoms with Crippen LogP contribution < -0.4 is 14.8 Å². The molecule has 1 aromatic carbocycles. The van der Waals surface area contributed by atoms with E-state index in [9.17, 15) is 9.59 Å². The van der Waals surface area contributed by atoms with Gasteiger partial charge in [-0.1, -0.05) is 6.07 Å². The zero-order valence-electron chi connectivity index (χ0n) is 16.0. The Bertz CT molecular complexity index is 687. The number of nitrogens with one attached hydrogen (secondary N) is 1. The molecule has 4 bridgehead atoms. The monoisotopic (exact) mass is 373 g/mol. The largest absolute Gasteiger partial charge is 0.496 e. The molecule has 146 valence electrons. The summed E-state index contributed by atoms with van der Waals surface area (Å²) in [5.74, 6) is 2.12. The maximum atomic E-state index is 12.5. The van der Waals surface area contributed by atoms with Gasteiger partial charge in [-0.25, -0.2) is 4.79 Å². The SMILES string of the molecule is COc1cccc(OC)c1C(=O)OCC(=O)NC12CC3CC(CC(C3)C1)C2. The van der Waals surface area contributed by atoms with Gasteiger partial charge in [0.1, 0.15) is 17.1 Å². The number of carbonyl (C=O) groups excluding carboxylic acids is 2. The number of rotatable bonds is 6. The van der Waals surface area contributed by atoms with Crippen molar-refractivity contribution in [3.05, 3.63) is 23.8 Å². The molecule has 1 aromatic rings. The second-order valence-electron chi connectivity index (χ2n) is 8.36. The molecule has 4 fully saturated rings. The van der Waals surface area contributed by atoms with Crippen LogP contribution in [0.1, 0.15) is 48.9 Å². The molecule has 0 atom stereocenters. The van der Waals surface area contributed by atoms with Crippen LogP contribution in [0.25, 0.3) is 0 Å². The van der Waals surface area contributed by atoms with Crippen molar-refractivity contribution < 1.29 is 23.8 Å². The third kappa shape index (κ3) is 3.49. The molecule has 27 heavy (non-hydrogen) atoms. The van der Waals surface area contributed by atoms with Crippen molar-refractivity contribution in [1.82, 2.24) is 5.32 Å². The number of amides is 1. The number of methoxy groups -OCH3 is 2. The molecule has 0 aromatic heterocycles. The zero-order valence-corrected chi connectivity index (χ0v) is 16.0. The number of benzene rings is 1. The van der Waals surface area contributed by atoms with Gasteiger partial charge in [-0.05, 0) is 68.4 Å². The fraction of sp³-hybridized carbons (Fsp3) is 0.619. The second kappa shape index (κ2) is 7.06. The van der Waals surface area contributed by atoms with Crippen molar-refractivity contribution in [3.8, 4) is 11.5 Å². The molecule has 1 amide bonds. The third-order valence-corrected chi connectivity index (χ3v) is 6.41. The van der Waals surface area contributed by atoms with E-state index in [0.717, 1.165) is 37.0 Å². The maximum absolute atomic E-state index is 12.5. The lowest BCUT2D eigenvalue weighted by Gasteiger charge is -2.56. The first kappa shape index (κ1) is 18.1. The smallest absolute Gasteiger partial charge is 0.346 e. The number of hydrogen-bond donors (Lipinski definition) is 1. The molecule has 0 heterocycles. The number of hydrogen-bond acceptors (Lipinski definition) is 5. The van der Waals surface area contributed by atoms with Crippen molar-refractivity contribution in [2.24, 2.45) is 17.8 Å². The van der Waals surface area contributed by atoms with E-state index in [1.54, 1.807) is 18.2 Å². The molecule has 0 spiro atoms. The Hall–Kier alpha value is -2.24. The predicted molar refractivity (Wildman–Crippen MR) is 98.9 cm³/mol. The van der Waals surface area contributed by atoms with Crippen LogP contribution in [0.4, 0.5) is 0 Å². The van der Waals surface area contributed by atoms with Crippen LogP contribution in [0.5, 0.6) is 11.5 Å². The molecule has 6 heteroatoms. The highest BCUT2D eigenvalue weighted by Crippen LogP contribution is 2.55. The van der Waals surface area contributed by atoms with E-state index >= 15 is 0 Å². The van der Waals surface area contributed by atoms with E-state index in [4.69, 9.17) is 14.2 Å². The Morgan fingerprint density at radius 3 is 2.00 bits per heavy atom. The van der Waals surface area contributed by atoms with Crippen LogP contribution in [0.3, 0.4) is 0 Å². The first-order valence-electron chi connectivity index (χ1n) is 9.71. The normalized spacial score (nSPS) is 30.7. The molecule has 6 nitrogen and oxygen atoms in total. The highest BCUT2D eigenvalue weighted by Gasteiger charge is 2.51. The maximum Gasteiger partial charge on any atom is 0.346 e. The molecule has 5 rings (SSSR count). The standard InChI is InChI=1S/C21H27NO5/c1-25-16-4-3-5-17(26-2)19(16)20(24)27-12-18(23)22-21-9-13-6-14(10-21)8-15(7-13)11-21/h3-5,13-15H,6-12H2,1-2H3,(H,22,23). The number of carbonyl (C=O) groups is 2. The lowest BCUT2D eigenvalue weighted by atomic mass is 9.53. The minimum Gasteiger partial charge on any atom is -0.496 e. The molecule has 0 aliphatic heterocycles. The van der Waals surface area contributed by atoms with Crippen molar-refractivity contribution in [1.29, 1.82) is 0 Å². The van der Waals surface area contributed by atoms with Gasteiger partial charge in [0.15, 0.2) is 6.61 Å². The highest BCUT2D eigenvalue weighted by atomic mass is 16.5. The minimum atomic E-state index is -0.620. The van der Waals surface area contributed by atoms with E-state index < -0.39 is 5.97 Å². The van der Waals surface area contributed by atoms with Gasteiger partial charge < -0.3 is 19.5 Å². The average Bonchev–Trinajstić information content (AvgIpc) is 2.63. The quantitative estimate of drug-likeness (QED) is 0.776. The molecular formula is C21H27NO5. The van der Waals surface area contributed by atoms with Crippen LogP contribution in [0.2, 0.25) is 0 Å². The summed E-state index contributed by atoms with van der Waals surface area (Å²) >= 11 is 0. The zero-order chi connectivity index (χ0) is 19.0. The predicted octanol–water partition coefficient (Wildman–Crippen LogP) is 2.95. The van der Waals surface area contributed by atoms with Crippen molar-refractivity contribution in [2.75, 3.05) is 20.8 Å². The number of esters is 1. The molecule has 4 saturated carbocycles. The van der Waals surface area contributed by atoms with Crippen molar-refractivity contribution in [2.45, 2.75) is 44.1 Å². The van der Waals surface area contributed by atoms with Gasteiger partial charge in [-0.15, -0.1) is 0 Å². The molecular weight excluding hydrogens is 346 g/mol. The lowest BCUT2D eigenvalue weighted by Crippen LogP contribution is -2.60. The Morgan fingerprint density at radius 2 is 1.52 bits per heavy atom. The van der Waals surface area contributed by atoms with E-state index in [0.29, 0.717) is 11.5 Å². The molecule has 0 unspecified atom stereocenters. The van der Waals surface area contributed by atoms with Crippen LogP contribution in [0, 0.1) is 17.8 Å². The summed E-state index contributed by atoms with van der Waals surface area (Å²) in [6.45, 7) is -0.290. The summed E-state index contributed by atoms with van der Waals surface area (Å²) in [6.07, 6.45) is 7.16. The van der Waals surface area contributed by atoms with Crippen molar-refractivity contribution >= 4 is 11.9 Å². The van der Waals surface area contributed by atoms with E-state index in [-0.39, 0.29) is 23.6 Å². The van der Waals surface area contributed by atoms with Gasteiger partial charge in [0.25, 0.3) is 5.91 Å². The third-order valence-electron chi connectivity index (χ3n) is 6.41. The summed E-state index contributed by atoms with van der Waals surface area (Å²) in [7, 11) is 2.95. The summed E-state index contributed by atoms with van der Waals surface area (Å²) in [5, 5.41) is 3.21. The molecule has 4 aliphatic rings.